The molecule has 0 fully saturated rings. The van der Waals surface area contributed by atoms with Crippen molar-refractivity contribution in [2.45, 2.75) is 13.8 Å². The summed E-state index contributed by atoms with van der Waals surface area (Å²) < 4.78 is 6.93. The topological polar surface area (TPSA) is 73.8 Å². The van der Waals surface area contributed by atoms with Crippen LogP contribution in [0.2, 0.25) is 5.02 Å². The molecule has 0 amide bonds. The van der Waals surface area contributed by atoms with Crippen LogP contribution in [0, 0.1) is 13.8 Å². The number of aryl methyl sites for hydroxylation is 2. The van der Waals surface area contributed by atoms with Gasteiger partial charge in [0, 0.05) is 16.0 Å². The van der Waals surface area contributed by atoms with Gasteiger partial charge < -0.3 is 4.52 Å². The average molecular weight is 429 g/mol. The van der Waals surface area contributed by atoms with Gasteiger partial charge >= 0.3 is 0 Å². The molecule has 0 spiro atoms. The first kappa shape index (κ1) is 19.2. The van der Waals surface area contributed by atoms with Crippen molar-refractivity contribution in [3.8, 4) is 28.7 Å². The minimum atomic E-state index is -0.208. The molecule has 6 nitrogen and oxygen atoms in total. The largest absolute Gasteiger partial charge is 0.332 e. The molecule has 0 saturated heterocycles. The maximum atomic E-state index is 13.2. The number of fused-ring (bicyclic) bond motifs is 1. The van der Waals surface area contributed by atoms with Crippen molar-refractivity contribution in [3.63, 3.8) is 0 Å². The molecule has 31 heavy (non-hydrogen) atoms. The lowest BCUT2D eigenvalue weighted by Gasteiger charge is -2.10. The molecule has 2 aromatic heterocycles. The van der Waals surface area contributed by atoms with Gasteiger partial charge in [0.15, 0.2) is 5.69 Å². The summed E-state index contributed by atoms with van der Waals surface area (Å²) in [4.78, 5) is 17.7. The van der Waals surface area contributed by atoms with Gasteiger partial charge in [0.25, 0.3) is 11.4 Å². The van der Waals surface area contributed by atoms with Gasteiger partial charge in [-0.15, -0.1) is 0 Å². The monoisotopic (exact) mass is 428 g/mol. The van der Waals surface area contributed by atoms with E-state index in [1.807, 2.05) is 62.4 Å². The second-order valence-corrected chi connectivity index (χ2v) is 7.75. The predicted molar refractivity (Wildman–Crippen MR) is 121 cm³/mol. The Labute approximate surface area is 182 Å². The Balaban J connectivity index is 1.72. The van der Waals surface area contributed by atoms with E-state index >= 15 is 0 Å². The zero-order valence-corrected chi connectivity index (χ0v) is 17.6. The highest BCUT2D eigenvalue weighted by molar-refractivity contribution is 6.30. The van der Waals surface area contributed by atoms with Crippen molar-refractivity contribution in [2.24, 2.45) is 0 Å². The molecule has 0 bridgehead atoms. The Morgan fingerprint density at radius 2 is 1.65 bits per heavy atom. The van der Waals surface area contributed by atoms with E-state index in [9.17, 15) is 4.79 Å². The van der Waals surface area contributed by atoms with Crippen molar-refractivity contribution in [3.05, 3.63) is 93.2 Å². The van der Waals surface area contributed by atoms with Crippen molar-refractivity contribution in [2.75, 3.05) is 0 Å². The number of benzene rings is 3. The summed E-state index contributed by atoms with van der Waals surface area (Å²) in [7, 11) is 0. The quantitative estimate of drug-likeness (QED) is 0.386. The Kier molecular flexibility index (Phi) is 4.64. The highest BCUT2D eigenvalue weighted by Gasteiger charge is 2.19. The number of hydrogen-bond acceptors (Lipinski definition) is 5. The van der Waals surface area contributed by atoms with Gasteiger partial charge in [0.2, 0.25) is 5.82 Å². The fourth-order valence-electron chi connectivity index (χ4n) is 3.42. The lowest BCUT2D eigenvalue weighted by atomic mass is 10.1. The van der Waals surface area contributed by atoms with E-state index in [0.717, 1.165) is 16.7 Å². The van der Waals surface area contributed by atoms with Crippen LogP contribution in [0.4, 0.5) is 0 Å². The molecule has 3 aromatic carbocycles. The van der Waals surface area contributed by atoms with Crippen LogP contribution in [0.5, 0.6) is 0 Å². The third-order valence-corrected chi connectivity index (χ3v) is 5.52. The van der Waals surface area contributed by atoms with Crippen molar-refractivity contribution in [1.29, 1.82) is 0 Å². The summed E-state index contributed by atoms with van der Waals surface area (Å²) in [5.41, 5.74) is 3.90. The fourth-order valence-corrected chi connectivity index (χ4v) is 3.54. The van der Waals surface area contributed by atoms with E-state index in [1.54, 1.807) is 18.2 Å². The first-order valence-electron chi connectivity index (χ1n) is 9.71. The average Bonchev–Trinajstić information content (AvgIpc) is 3.27. The molecule has 0 aliphatic heterocycles. The fraction of sp³-hybridized carbons (Fsp3) is 0.0833. The normalized spacial score (nSPS) is 11.2. The Morgan fingerprint density at radius 3 is 2.39 bits per heavy atom. The number of rotatable bonds is 3. The van der Waals surface area contributed by atoms with Crippen LogP contribution in [0.25, 0.3) is 39.4 Å². The van der Waals surface area contributed by atoms with Crippen LogP contribution in [-0.4, -0.2) is 19.9 Å². The number of halogens is 1. The minimum absolute atomic E-state index is 0.208. The molecule has 0 aliphatic rings. The number of aromatic nitrogens is 4. The van der Waals surface area contributed by atoms with Crippen LogP contribution in [-0.2, 0) is 0 Å². The highest BCUT2D eigenvalue weighted by atomic mass is 35.5. The zero-order valence-electron chi connectivity index (χ0n) is 16.8. The Hall–Kier alpha value is -3.77. The van der Waals surface area contributed by atoms with Crippen LogP contribution < -0.4 is 5.56 Å². The van der Waals surface area contributed by atoms with Crippen molar-refractivity contribution in [1.82, 2.24) is 19.9 Å². The predicted octanol–water partition coefficient (Wildman–Crippen LogP) is 5.37. The molecule has 5 rings (SSSR count). The second kappa shape index (κ2) is 7.49. The summed E-state index contributed by atoms with van der Waals surface area (Å²) in [5.74, 6) is 0.653. The maximum Gasteiger partial charge on any atom is 0.279 e. The number of hydrogen-bond donors (Lipinski definition) is 0. The molecule has 0 unspecified atom stereocenters. The molecular formula is C24H17ClN4O2. The molecule has 0 N–H and O–H groups in total. The van der Waals surface area contributed by atoms with Gasteiger partial charge in [-0.1, -0.05) is 41.0 Å². The third-order valence-electron chi connectivity index (χ3n) is 5.27. The molecule has 2 heterocycles. The molecule has 0 atom stereocenters. The van der Waals surface area contributed by atoms with Crippen molar-refractivity contribution < 1.29 is 4.52 Å². The second-order valence-electron chi connectivity index (χ2n) is 7.31. The summed E-state index contributed by atoms with van der Waals surface area (Å²) in [5, 5.41) is 10.5. The molecule has 0 saturated carbocycles. The van der Waals surface area contributed by atoms with E-state index in [2.05, 4.69) is 15.2 Å². The zero-order chi connectivity index (χ0) is 21.5. The van der Waals surface area contributed by atoms with Crippen LogP contribution in [0.1, 0.15) is 11.1 Å². The molecule has 7 heteroatoms. The smallest absolute Gasteiger partial charge is 0.279 e. The summed E-state index contributed by atoms with van der Waals surface area (Å²) in [6.45, 7) is 4.03. The van der Waals surface area contributed by atoms with Crippen LogP contribution >= 0.6 is 11.6 Å². The van der Waals surface area contributed by atoms with Crippen LogP contribution in [0.3, 0.4) is 0 Å². The van der Waals surface area contributed by atoms with Gasteiger partial charge in [-0.25, -0.2) is 0 Å². The van der Waals surface area contributed by atoms with E-state index in [0.29, 0.717) is 33.0 Å². The van der Waals surface area contributed by atoms with Gasteiger partial charge in [-0.05, 0) is 67.4 Å². The highest BCUT2D eigenvalue weighted by Crippen LogP contribution is 2.27. The van der Waals surface area contributed by atoms with Crippen molar-refractivity contribution >= 4 is 22.4 Å². The molecule has 5 aromatic rings. The maximum absolute atomic E-state index is 13.2. The summed E-state index contributed by atoms with van der Waals surface area (Å²) in [6.07, 6.45) is 0. The standard InChI is InChI=1S/C24H17ClN4O2/c1-14-7-12-18(13-15(14)2)29-24(30)20-6-4-3-5-19(20)21(27-29)23-26-22(28-31-23)16-8-10-17(25)11-9-16/h3-13H,1-2H3. The van der Waals surface area contributed by atoms with Gasteiger partial charge in [-0.2, -0.15) is 14.8 Å². The van der Waals surface area contributed by atoms with E-state index in [-0.39, 0.29) is 11.4 Å². The SMILES string of the molecule is Cc1ccc(-n2nc(-c3nc(-c4ccc(Cl)cc4)no3)c3ccccc3c2=O)cc1C. The van der Waals surface area contributed by atoms with Gasteiger partial charge in [-0.3, -0.25) is 4.79 Å². The lowest BCUT2D eigenvalue weighted by molar-refractivity contribution is 0.430. The Bertz CT molecular complexity index is 1490. The third kappa shape index (κ3) is 3.41. The van der Waals surface area contributed by atoms with E-state index in [4.69, 9.17) is 16.1 Å². The summed E-state index contributed by atoms with van der Waals surface area (Å²) >= 11 is 5.97. The minimum Gasteiger partial charge on any atom is -0.332 e. The van der Waals surface area contributed by atoms with E-state index < -0.39 is 0 Å². The van der Waals surface area contributed by atoms with E-state index in [1.165, 1.54) is 4.68 Å². The number of nitrogens with zero attached hydrogens (tertiary/aromatic N) is 4. The lowest BCUT2D eigenvalue weighted by Crippen LogP contribution is -2.22. The van der Waals surface area contributed by atoms with Gasteiger partial charge in [0.1, 0.15) is 0 Å². The van der Waals surface area contributed by atoms with Gasteiger partial charge in [0.05, 0.1) is 11.1 Å². The molecule has 152 valence electrons. The molecule has 0 radical (unpaired) electrons. The Morgan fingerprint density at radius 1 is 0.903 bits per heavy atom. The molecule has 0 aliphatic carbocycles. The first-order chi connectivity index (χ1) is 15.0. The first-order valence-corrected chi connectivity index (χ1v) is 10.1. The summed E-state index contributed by atoms with van der Waals surface area (Å²) in [6, 6.07) is 20.2. The molecular weight excluding hydrogens is 412 g/mol. The van der Waals surface area contributed by atoms with Crippen LogP contribution in [0.15, 0.2) is 76.0 Å².